The molecule has 8 heteroatoms. The Balaban J connectivity index is 0.00000133. The van der Waals surface area contributed by atoms with Gasteiger partial charge in [0.1, 0.15) is 10.8 Å². The normalized spacial score (nSPS) is 23.7. The third-order valence-electron chi connectivity index (χ3n) is 6.81. The number of rotatable bonds is 6. The largest absolute Gasteiger partial charge is 0.442 e. The molecule has 1 aromatic carbocycles. The van der Waals surface area contributed by atoms with Gasteiger partial charge in [0.25, 0.3) is 0 Å². The first-order valence-electron chi connectivity index (χ1n) is 12.3. The van der Waals surface area contributed by atoms with E-state index >= 15 is 0 Å². The van der Waals surface area contributed by atoms with E-state index in [1.165, 1.54) is 25.0 Å². The Morgan fingerprint density at radius 2 is 2.09 bits per heavy atom. The van der Waals surface area contributed by atoms with Gasteiger partial charge < -0.3 is 14.2 Å². The van der Waals surface area contributed by atoms with Crippen molar-refractivity contribution in [2.24, 2.45) is 22.0 Å². The summed E-state index contributed by atoms with van der Waals surface area (Å²) in [5.74, 6) is 2.69. The van der Waals surface area contributed by atoms with Crippen molar-refractivity contribution in [3.63, 3.8) is 0 Å². The molecule has 1 aromatic heterocycles. The van der Waals surface area contributed by atoms with Crippen molar-refractivity contribution in [1.82, 2.24) is 9.88 Å². The van der Waals surface area contributed by atoms with Crippen LogP contribution in [0.4, 0.5) is 5.69 Å². The molecule has 4 heterocycles. The summed E-state index contributed by atoms with van der Waals surface area (Å²) in [6.45, 7) is 12.6. The topological polar surface area (TPSA) is 81.0 Å². The molecule has 1 unspecified atom stereocenters. The number of aromatic nitrogens is 1. The van der Waals surface area contributed by atoms with Crippen LogP contribution < -0.4 is 4.90 Å². The quantitative estimate of drug-likeness (QED) is 0.546. The standard InChI is InChI=1S/C24H28N6OS.C2H6/c1-16-22(23-17(2)26-15-31-23)27-28-24(16)32-10-4-8-29-13-19-7-9-30(21(19)14-29)20-6-3-5-18(11-20)12-25;1-2/h3,5-6,11,15-16,19,21H,4,7-10,13-14H2,1-2H3;1-2H3/t16?,19-,21+;/m1./s1. The molecule has 2 aromatic rings. The smallest absolute Gasteiger partial charge is 0.181 e. The van der Waals surface area contributed by atoms with Gasteiger partial charge in [-0.1, -0.05) is 26.8 Å². The number of hydrogen-bond donors (Lipinski definition) is 0. The molecule has 0 radical (unpaired) electrons. The number of nitriles is 1. The molecular formula is C26H34N6OS. The van der Waals surface area contributed by atoms with Gasteiger partial charge in [0, 0.05) is 37.1 Å². The first-order valence-corrected chi connectivity index (χ1v) is 13.3. The number of aryl methyl sites for hydroxylation is 1. The third-order valence-corrected chi connectivity index (χ3v) is 8.04. The van der Waals surface area contributed by atoms with Crippen LogP contribution in [0, 0.1) is 30.1 Å². The first-order chi connectivity index (χ1) is 16.6. The number of fused-ring (bicyclic) bond motifs is 1. The molecule has 0 N–H and O–H groups in total. The summed E-state index contributed by atoms with van der Waals surface area (Å²) in [5.41, 5.74) is 3.69. The van der Waals surface area contributed by atoms with E-state index in [0.717, 1.165) is 65.5 Å². The van der Waals surface area contributed by atoms with E-state index in [0.29, 0.717) is 6.04 Å². The zero-order valence-corrected chi connectivity index (χ0v) is 21.4. The number of likely N-dealkylation sites (tertiary alicyclic amines) is 1. The SMILES string of the molecule is CC.Cc1ncoc1C1=NN=C(SCCCN2C[C@H]3CCN(c4cccc(C#N)c4)[C@H]3C2)C1C. The Hall–Kier alpha value is -2.63. The van der Waals surface area contributed by atoms with Crippen LogP contribution in [0.3, 0.4) is 0 Å². The number of nitrogens with zero attached hydrogens (tertiary/aromatic N) is 6. The van der Waals surface area contributed by atoms with Crippen LogP contribution in [0.5, 0.6) is 0 Å². The minimum absolute atomic E-state index is 0.163. The Morgan fingerprint density at radius 3 is 2.85 bits per heavy atom. The fraction of sp³-hybridized carbons (Fsp3) is 0.538. The molecule has 0 amide bonds. The van der Waals surface area contributed by atoms with Gasteiger partial charge >= 0.3 is 0 Å². The lowest BCUT2D eigenvalue weighted by Crippen LogP contribution is -2.35. The number of benzene rings is 1. The number of thioether (sulfide) groups is 1. The van der Waals surface area contributed by atoms with E-state index in [9.17, 15) is 5.26 Å². The van der Waals surface area contributed by atoms with Crippen LogP contribution in [-0.2, 0) is 0 Å². The van der Waals surface area contributed by atoms with E-state index in [2.05, 4.69) is 44.0 Å². The minimum Gasteiger partial charge on any atom is -0.442 e. The maximum Gasteiger partial charge on any atom is 0.181 e. The highest BCUT2D eigenvalue weighted by Gasteiger charge is 2.41. The molecule has 3 atom stereocenters. The molecule has 2 fully saturated rings. The molecule has 2 saturated heterocycles. The van der Waals surface area contributed by atoms with E-state index in [4.69, 9.17) is 4.42 Å². The molecule has 34 heavy (non-hydrogen) atoms. The van der Waals surface area contributed by atoms with Crippen molar-refractivity contribution >= 4 is 28.2 Å². The number of hydrogen-bond acceptors (Lipinski definition) is 8. The molecule has 3 aliphatic heterocycles. The third kappa shape index (κ3) is 5.06. The molecule has 3 aliphatic rings. The molecule has 7 nitrogen and oxygen atoms in total. The lowest BCUT2D eigenvalue weighted by atomic mass is 10.0. The van der Waals surface area contributed by atoms with Crippen LogP contribution >= 0.6 is 11.8 Å². The fourth-order valence-electron chi connectivity index (χ4n) is 5.11. The van der Waals surface area contributed by atoms with Crippen LogP contribution in [0.15, 0.2) is 45.3 Å². The lowest BCUT2D eigenvalue weighted by Gasteiger charge is -2.27. The predicted molar refractivity (Wildman–Crippen MR) is 140 cm³/mol. The summed E-state index contributed by atoms with van der Waals surface area (Å²) in [6.07, 6.45) is 3.84. The van der Waals surface area contributed by atoms with Crippen LogP contribution in [-0.4, -0.2) is 58.6 Å². The summed E-state index contributed by atoms with van der Waals surface area (Å²) in [7, 11) is 0. The van der Waals surface area contributed by atoms with Gasteiger partial charge in [-0.15, -0.1) is 16.9 Å². The Kier molecular flexibility index (Phi) is 8.07. The van der Waals surface area contributed by atoms with Crippen LogP contribution in [0.2, 0.25) is 0 Å². The van der Waals surface area contributed by atoms with Crippen molar-refractivity contribution in [3.8, 4) is 6.07 Å². The van der Waals surface area contributed by atoms with Gasteiger partial charge in [-0.3, -0.25) is 0 Å². The van der Waals surface area contributed by atoms with Gasteiger partial charge in [-0.25, -0.2) is 4.98 Å². The first kappa shape index (κ1) is 24.5. The zero-order chi connectivity index (χ0) is 24.1. The molecule has 0 aliphatic carbocycles. The van der Waals surface area contributed by atoms with Crippen molar-refractivity contribution in [1.29, 1.82) is 5.26 Å². The van der Waals surface area contributed by atoms with E-state index < -0.39 is 0 Å². The average molecular weight is 479 g/mol. The van der Waals surface area contributed by atoms with Crippen molar-refractivity contribution in [2.45, 2.75) is 46.6 Å². The summed E-state index contributed by atoms with van der Waals surface area (Å²) >= 11 is 1.81. The molecule has 0 bridgehead atoms. The number of oxazole rings is 1. The van der Waals surface area contributed by atoms with Crippen LogP contribution in [0.1, 0.15) is 50.6 Å². The van der Waals surface area contributed by atoms with Gasteiger partial charge in [0.05, 0.1) is 23.2 Å². The predicted octanol–water partition coefficient (Wildman–Crippen LogP) is 4.97. The monoisotopic (exact) mass is 478 g/mol. The fourth-order valence-corrected chi connectivity index (χ4v) is 6.05. The highest BCUT2D eigenvalue weighted by molar-refractivity contribution is 8.14. The number of anilines is 1. The summed E-state index contributed by atoms with van der Waals surface area (Å²) in [4.78, 5) is 9.29. The lowest BCUT2D eigenvalue weighted by molar-refractivity contribution is 0.319. The Bertz CT molecular complexity index is 1090. The highest BCUT2D eigenvalue weighted by Crippen LogP contribution is 2.35. The molecule has 0 spiro atoms. The van der Waals surface area contributed by atoms with Gasteiger partial charge in [0.15, 0.2) is 12.2 Å². The van der Waals surface area contributed by atoms with Crippen LogP contribution in [0.25, 0.3) is 0 Å². The van der Waals surface area contributed by atoms with Crippen molar-refractivity contribution in [2.75, 3.05) is 36.8 Å². The van der Waals surface area contributed by atoms with Crippen molar-refractivity contribution < 1.29 is 4.42 Å². The molecular weight excluding hydrogens is 444 g/mol. The summed E-state index contributed by atoms with van der Waals surface area (Å²) in [6, 6.07) is 10.9. The van der Waals surface area contributed by atoms with Crippen molar-refractivity contribution in [3.05, 3.63) is 47.7 Å². The Morgan fingerprint density at radius 1 is 1.24 bits per heavy atom. The second kappa shape index (κ2) is 11.2. The molecule has 0 saturated carbocycles. The summed E-state index contributed by atoms with van der Waals surface area (Å²) in [5, 5.41) is 19.1. The maximum absolute atomic E-state index is 9.22. The van der Waals surface area contributed by atoms with E-state index in [-0.39, 0.29) is 5.92 Å². The highest BCUT2D eigenvalue weighted by atomic mass is 32.2. The van der Waals surface area contributed by atoms with E-state index in [1.54, 1.807) is 0 Å². The van der Waals surface area contributed by atoms with Gasteiger partial charge in [-0.2, -0.15) is 10.4 Å². The second-order valence-electron chi connectivity index (χ2n) is 8.85. The Labute approximate surface area is 206 Å². The minimum atomic E-state index is 0.163. The maximum atomic E-state index is 9.22. The zero-order valence-electron chi connectivity index (χ0n) is 20.6. The van der Waals surface area contributed by atoms with E-state index in [1.807, 2.05) is 50.7 Å². The van der Waals surface area contributed by atoms with Gasteiger partial charge in [0.2, 0.25) is 0 Å². The average Bonchev–Trinajstić information content (AvgIpc) is 3.63. The molecule has 180 valence electrons. The summed E-state index contributed by atoms with van der Waals surface area (Å²) < 4.78 is 5.50. The van der Waals surface area contributed by atoms with Gasteiger partial charge in [-0.05, 0) is 50.4 Å². The molecule has 5 rings (SSSR count). The second-order valence-corrected chi connectivity index (χ2v) is 9.96.